The van der Waals surface area contributed by atoms with E-state index in [-0.39, 0.29) is 0 Å². The van der Waals surface area contributed by atoms with Crippen LogP contribution in [-0.2, 0) is 0 Å². The Morgan fingerprint density at radius 3 is 2.82 bits per heavy atom. The van der Waals surface area contributed by atoms with Crippen LogP contribution in [0.2, 0.25) is 0 Å². The van der Waals surface area contributed by atoms with Crippen molar-refractivity contribution in [3.8, 4) is 5.75 Å². The zero-order valence-corrected chi connectivity index (χ0v) is 11.6. The van der Waals surface area contributed by atoms with Crippen molar-refractivity contribution in [1.82, 2.24) is 0 Å². The lowest BCUT2D eigenvalue weighted by atomic mass is 10.0. The molecule has 2 rings (SSSR count). The van der Waals surface area contributed by atoms with Gasteiger partial charge in [0.1, 0.15) is 12.4 Å². The number of ether oxygens (including phenoxy) is 1. The van der Waals surface area contributed by atoms with E-state index in [1.165, 1.54) is 16.3 Å². The molecular weight excluding hydrogens is 276 g/mol. The molecule has 0 radical (unpaired) electrons. The standard InChI is InChI=1S/C15H15BrO/c1-3-4-9-17-15-11(2)13-8-6-5-7-12(13)10-14(15)16/h3-8,10H,9H2,1-2H3/b4-3+. The van der Waals surface area contributed by atoms with Crippen molar-refractivity contribution >= 4 is 26.7 Å². The first-order chi connectivity index (χ1) is 8.24. The van der Waals surface area contributed by atoms with Gasteiger partial charge in [-0.3, -0.25) is 0 Å². The molecule has 2 heteroatoms. The van der Waals surface area contributed by atoms with Crippen molar-refractivity contribution in [3.05, 3.63) is 52.5 Å². The van der Waals surface area contributed by atoms with Crippen molar-refractivity contribution in [2.45, 2.75) is 13.8 Å². The van der Waals surface area contributed by atoms with Crippen LogP contribution in [0, 0.1) is 6.92 Å². The molecule has 0 aromatic heterocycles. The third-order valence-electron chi connectivity index (χ3n) is 2.76. The van der Waals surface area contributed by atoms with Crippen LogP contribution in [0.1, 0.15) is 12.5 Å². The quantitative estimate of drug-likeness (QED) is 0.733. The number of hydrogen-bond acceptors (Lipinski definition) is 1. The molecule has 0 aliphatic carbocycles. The lowest BCUT2D eigenvalue weighted by molar-refractivity contribution is 0.358. The Morgan fingerprint density at radius 1 is 1.29 bits per heavy atom. The molecule has 0 bridgehead atoms. The Bertz CT molecular complexity index is 558. The second kappa shape index (κ2) is 5.37. The van der Waals surface area contributed by atoms with E-state index in [1.807, 2.05) is 19.1 Å². The van der Waals surface area contributed by atoms with Crippen molar-refractivity contribution in [2.24, 2.45) is 0 Å². The predicted molar refractivity (Wildman–Crippen MR) is 76.7 cm³/mol. The molecule has 0 spiro atoms. The molecule has 0 N–H and O–H groups in total. The third-order valence-corrected chi connectivity index (χ3v) is 3.35. The molecule has 0 saturated heterocycles. The molecule has 0 saturated carbocycles. The molecule has 0 fully saturated rings. The van der Waals surface area contributed by atoms with Gasteiger partial charge >= 0.3 is 0 Å². The Labute approximate surface area is 110 Å². The van der Waals surface area contributed by atoms with Crippen LogP contribution < -0.4 is 4.74 Å². The fourth-order valence-corrected chi connectivity index (χ4v) is 2.53. The summed E-state index contributed by atoms with van der Waals surface area (Å²) < 4.78 is 6.79. The first kappa shape index (κ1) is 12.2. The molecule has 88 valence electrons. The maximum atomic E-state index is 5.78. The van der Waals surface area contributed by atoms with Crippen molar-refractivity contribution < 1.29 is 4.74 Å². The highest BCUT2D eigenvalue weighted by Gasteiger charge is 2.08. The topological polar surface area (TPSA) is 9.23 Å². The van der Waals surface area contributed by atoms with Crippen LogP contribution >= 0.6 is 15.9 Å². The van der Waals surface area contributed by atoms with E-state index in [9.17, 15) is 0 Å². The fourth-order valence-electron chi connectivity index (χ4n) is 1.87. The highest BCUT2D eigenvalue weighted by molar-refractivity contribution is 9.10. The van der Waals surface area contributed by atoms with Gasteiger partial charge in [-0.25, -0.2) is 0 Å². The van der Waals surface area contributed by atoms with Crippen LogP contribution in [-0.4, -0.2) is 6.61 Å². The summed E-state index contributed by atoms with van der Waals surface area (Å²) in [6.07, 6.45) is 3.99. The molecule has 0 atom stereocenters. The van der Waals surface area contributed by atoms with E-state index in [4.69, 9.17) is 4.74 Å². The Morgan fingerprint density at radius 2 is 2.06 bits per heavy atom. The highest BCUT2D eigenvalue weighted by Crippen LogP contribution is 2.35. The van der Waals surface area contributed by atoms with Gasteiger partial charge in [0.05, 0.1) is 4.47 Å². The number of halogens is 1. The summed E-state index contributed by atoms with van der Waals surface area (Å²) >= 11 is 3.57. The number of allylic oxidation sites excluding steroid dienone is 1. The third kappa shape index (κ3) is 2.52. The lowest BCUT2D eigenvalue weighted by Gasteiger charge is -2.12. The smallest absolute Gasteiger partial charge is 0.137 e. The number of aryl methyl sites for hydroxylation is 1. The zero-order valence-electron chi connectivity index (χ0n) is 10.0. The monoisotopic (exact) mass is 290 g/mol. The van der Waals surface area contributed by atoms with Crippen LogP contribution in [0.25, 0.3) is 10.8 Å². The maximum Gasteiger partial charge on any atom is 0.137 e. The normalized spacial score (nSPS) is 11.2. The number of fused-ring (bicyclic) bond motifs is 1. The number of benzene rings is 2. The van der Waals surface area contributed by atoms with Gasteiger partial charge in [0, 0.05) is 5.56 Å². The second-order valence-electron chi connectivity index (χ2n) is 3.91. The summed E-state index contributed by atoms with van der Waals surface area (Å²) in [7, 11) is 0. The minimum atomic E-state index is 0.605. The van der Waals surface area contributed by atoms with Gasteiger partial charge in [-0.1, -0.05) is 36.4 Å². The molecule has 0 aliphatic rings. The summed E-state index contributed by atoms with van der Waals surface area (Å²) in [4.78, 5) is 0. The molecule has 0 aliphatic heterocycles. The summed E-state index contributed by atoms with van der Waals surface area (Å²) in [6.45, 7) is 4.69. The average Bonchev–Trinajstić information content (AvgIpc) is 2.33. The van der Waals surface area contributed by atoms with E-state index in [0.717, 1.165) is 10.2 Å². The molecule has 1 nitrogen and oxygen atoms in total. The van der Waals surface area contributed by atoms with Gasteiger partial charge in [-0.05, 0) is 46.6 Å². The summed E-state index contributed by atoms with van der Waals surface area (Å²) in [5.41, 5.74) is 1.18. The Hall–Kier alpha value is -1.28. The number of hydrogen-bond donors (Lipinski definition) is 0. The van der Waals surface area contributed by atoms with Gasteiger partial charge in [0.15, 0.2) is 0 Å². The average molecular weight is 291 g/mol. The van der Waals surface area contributed by atoms with E-state index in [0.29, 0.717) is 6.61 Å². The molecule has 0 unspecified atom stereocenters. The minimum absolute atomic E-state index is 0.605. The Balaban J connectivity index is 2.48. The van der Waals surface area contributed by atoms with Gasteiger partial charge in [-0.2, -0.15) is 0 Å². The van der Waals surface area contributed by atoms with Crippen molar-refractivity contribution in [1.29, 1.82) is 0 Å². The minimum Gasteiger partial charge on any atom is -0.488 e. The van der Waals surface area contributed by atoms with Gasteiger partial charge in [0.2, 0.25) is 0 Å². The molecule has 17 heavy (non-hydrogen) atoms. The maximum absolute atomic E-state index is 5.78. The van der Waals surface area contributed by atoms with E-state index in [2.05, 4.69) is 53.2 Å². The molecule has 0 amide bonds. The largest absolute Gasteiger partial charge is 0.488 e. The van der Waals surface area contributed by atoms with Gasteiger partial charge in [-0.15, -0.1) is 0 Å². The van der Waals surface area contributed by atoms with Crippen molar-refractivity contribution in [3.63, 3.8) is 0 Å². The molecule has 2 aromatic carbocycles. The van der Waals surface area contributed by atoms with Crippen LogP contribution in [0.5, 0.6) is 5.75 Å². The van der Waals surface area contributed by atoms with Crippen LogP contribution in [0.3, 0.4) is 0 Å². The van der Waals surface area contributed by atoms with Gasteiger partial charge < -0.3 is 4.74 Å². The molecular formula is C15H15BrO. The first-order valence-corrected chi connectivity index (χ1v) is 6.45. The second-order valence-corrected chi connectivity index (χ2v) is 4.77. The Kier molecular flexibility index (Phi) is 3.85. The molecule has 2 aromatic rings. The highest BCUT2D eigenvalue weighted by atomic mass is 79.9. The van der Waals surface area contributed by atoms with E-state index >= 15 is 0 Å². The number of rotatable bonds is 3. The fraction of sp³-hybridized carbons (Fsp3) is 0.200. The predicted octanol–water partition coefficient (Wildman–Crippen LogP) is 4.87. The zero-order chi connectivity index (χ0) is 12.3. The SMILES string of the molecule is C/C=C/COc1c(Br)cc2ccccc2c1C. The van der Waals surface area contributed by atoms with E-state index < -0.39 is 0 Å². The summed E-state index contributed by atoms with van der Waals surface area (Å²) in [6, 6.07) is 10.4. The lowest BCUT2D eigenvalue weighted by Crippen LogP contribution is -1.97. The van der Waals surface area contributed by atoms with E-state index in [1.54, 1.807) is 0 Å². The van der Waals surface area contributed by atoms with Crippen LogP contribution in [0.4, 0.5) is 0 Å². The summed E-state index contributed by atoms with van der Waals surface area (Å²) in [5, 5.41) is 2.47. The van der Waals surface area contributed by atoms with Gasteiger partial charge in [0.25, 0.3) is 0 Å². The van der Waals surface area contributed by atoms with Crippen LogP contribution in [0.15, 0.2) is 47.0 Å². The summed E-state index contributed by atoms with van der Waals surface area (Å²) in [5.74, 6) is 0.932. The first-order valence-electron chi connectivity index (χ1n) is 5.66. The molecule has 0 heterocycles. The van der Waals surface area contributed by atoms with Crippen molar-refractivity contribution in [2.75, 3.05) is 6.61 Å².